The summed E-state index contributed by atoms with van der Waals surface area (Å²) in [5, 5.41) is 4.32. The normalized spacial score (nSPS) is 21.9. The Morgan fingerprint density at radius 2 is 1.79 bits per heavy atom. The molecule has 5 nitrogen and oxygen atoms in total. The molecular formula is C13H24BN3O2. The van der Waals surface area contributed by atoms with Gasteiger partial charge in [-0.3, -0.25) is 4.68 Å². The fraction of sp³-hybridized carbons (Fsp3) is 0.769. The second-order valence-corrected chi connectivity index (χ2v) is 7.05. The van der Waals surface area contributed by atoms with Crippen molar-refractivity contribution in [3.05, 3.63) is 12.4 Å². The van der Waals surface area contributed by atoms with Gasteiger partial charge >= 0.3 is 7.12 Å². The number of nitrogens with two attached hydrogens (primary N) is 1. The Morgan fingerprint density at radius 3 is 2.26 bits per heavy atom. The van der Waals surface area contributed by atoms with E-state index in [1.165, 1.54) is 0 Å². The van der Waals surface area contributed by atoms with E-state index in [2.05, 4.69) is 5.10 Å². The molecule has 0 aromatic carbocycles. The van der Waals surface area contributed by atoms with Crippen molar-refractivity contribution in [3.63, 3.8) is 0 Å². The van der Waals surface area contributed by atoms with E-state index >= 15 is 0 Å². The first-order valence-electron chi connectivity index (χ1n) is 6.67. The highest BCUT2D eigenvalue weighted by Gasteiger charge is 2.52. The van der Waals surface area contributed by atoms with Gasteiger partial charge in [0.1, 0.15) is 0 Å². The Labute approximate surface area is 115 Å². The first-order chi connectivity index (χ1) is 8.50. The molecule has 0 spiro atoms. The summed E-state index contributed by atoms with van der Waals surface area (Å²) in [7, 11) is -0.361. The summed E-state index contributed by atoms with van der Waals surface area (Å²) < 4.78 is 13.8. The minimum atomic E-state index is -0.361. The third-order valence-corrected chi connectivity index (χ3v) is 3.75. The van der Waals surface area contributed by atoms with Crippen molar-refractivity contribution in [2.75, 3.05) is 0 Å². The number of hydrogen-bond acceptors (Lipinski definition) is 4. The predicted octanol–water partition coefficient (Wildman–Crippen LogP) is 0.920. The highest BCUT2D eigenvalue weighted by Crippen LogP contribution is 2.36. The van der Waals surface area contributed by atoms with Crippen LogP contribution in [0.5, 0.6) is 0 Å². The molecule has 0 saturated carbocycles. The summed E-state index contributed by atoms with van der Waals surface area (Å²) in [6, 6.07) is 0. The van der Waals surface area contributed by atoms with Gasteiger partial charge in [0.25, 0.3) is 0 Å². The molecule has 0 amide bonds. The molecule has 0 aliphatic carbocycles. The molecule has 2 N–H and O–H groups in total. The van der Waals surface area contributed by atoms with E-state index < -0.39 is 0 Å². The van der Waals surface area contributed by atoms with Crippen molar-refractivity contribution in [2.24, 2.45) is 5.73 Å². The van der Waals surface area contributed by atoms with Gasteiger partial charge in [0.15, 0.2) is 0 Å². The van der Waals surface area contributed by atoms with Gasteiger partial charge in [0.2, 0.25) is 0 Å². The van der Waals surface area contributed by atoms with Crippen LogP contribution in [0.4, 0.5) is 0 Å². The first-order valence-corrected chi connectivity index (χ1v) is 6.67. The van der Waals surface area contributed by atoms with E-state index in [9.17, 15) is 0 Å². The molecule has 1 fully saturated rings. The molecule has 0 unspecified atom stereocenters. The smallest absolute Gasteiger partial charge is 0.399 e. The van der Waals surface area contributed by atoms with Crippen molar-refractivity contribution in [2.45, 2.75) is 64.8 Å². The molecule has 19 heavy (non-hydrogen) atoms. The van der Waals surface area contributed by atoms with Crippen LogP contribution >= 0.6 is 0 Å². The summed E-state index contributed by atoms with van der Waals surface area (Å²) >= 11 is 0. The lowest BCUT2D eigenvalue weighted by Gasteiger charge is -2.32. The average molecular weight is 265 g/mol. The zero-order valence-electron chi connectivity index (χ0n) is 12.7. The van der Waals surface area contributed by atoms with Gasteiger partial charge in [-0.15, -0.1) is 0 Å². The molecule has 1 aromatic heterocycles. The minimum absolute atomic E-state index is 0.292. The van der Waals surface area contributed by atoms with Crippen LogP contribution in [0.25, 0.3) is 0 Å². The number of hydrogen-bond donors (Lipinski definition) is 1. The zero-order chi connectivity index (χ0) is 14.5. The molecule has 2 heterocycles. The SMILES string of the molecule is CC(C)(N)Cn1cc(B2OC(C)(C)C(C)(C)O2)cn1. The van der Waals surface area contributed by atoms with Gasteiger partial charge in [0.05, 0.1) is 17.7 Å². The maximum Gasteiger partial charge on any atom is 0.498 e. The summed E-state index contributed by atoms with van der Waals surface area (Å²) in [6.45, 7) is 12.8. The van der Waals surface area contributed by atoms with Crippen molar-refractivity contribution in [1.29, 1.82) is 0 Å². The van der Waals surface area contributed by atoms with E-state index in [0.29, 0.717) is 6.54 Å². The second kappa shape index (κ2) is 4.33. The van der Waals surface area contributed by atoms with E-state index in [1.807, 2.05) is 52.4 Å². The standard InChI is InChI=1S/C13H24BN3O2/c1-11(2,15)9-17-8-10(7-16-17)14-18-12(3,4)13(5,6)19-14/h7-8H,9,15H2,1-6H3. The molecule has 6 heteroatoms. The largest absolute Gasteiger partial charge is 0.498 e. The fourth-order valence-electron chi connectivity index (χ4n) is 1.98. The molecule has 106 valence electrons. The number of rotatable bonds is 3. The molecule has 0 atom stereocenters. The van der Waals surface area contributed by atoms with Gasteiger partial charge in [-0.1, -0.05) is 0 Å². The Balaban J connectivity index is 2.13. The Bertz CT molecular complexity index is 447. The number of nitrogens with zero attached hydrogens (tertiary/aromatic N) is 2. The van der Waals surface area contributed by atoms with Crippen LogP contribution in [0.3, 0.4) is 0 Å². The van der Waals surface area contributed by atoms with Gasteiger partial charge in [0, 0.05) is 23.4 Å². The van der Waals surface area contributed by atoms with Crippen molar-refractivity contribution in [1.82, 2.24) is 9.78 Å². The fourth-order valence-corrected chi connectivity index (χ4v) is 1.98. The van der Waals surface area contributed by atoms with Crippen LogP contribution in [-0.4, -0.2) is 33.6 Å². The Kier molecular flexibility index (Phi) is 3.32. The highest BCUT2D eigenvalue weighted by molar-refractivity contribution is 6.61. The Morgan fingerprint density at radius 1 is 1.26 bits per heavy atom. The van der Waals surface area contributed by atoms with Crippen LogP contribution < -0.4 is 11.2 Å². The van der Waals surface area contributed by atoms with Crippen molar-refractivity contribution < 1.29 is 9.31 Å². The molecule has 1 aliphatic rings. The quantitative estimate of drug-likeness (QED) is 0.825. The molecule has 2 rings (SSSR count). The van der Waals surface area contributed by atoms with Gasteiger partial charge in [-0.2, -0.15) is 5.10 Å². The lowest BCUT2D eigenvalue weighted by Crippen LogP contribution is -2.41. The summed E-state index contributed by atoms with van der Waals surface area (Å²) in [5.41, 5.74) is 5.98. The molecule has 1 aromatic rings. The summed E-state index contributed by atoms with van der Waals surface area (Å²) in [6.07, 6.45) is 3.73. The van der Waals surface area contributed by atoms with Crippen LogP contribution in [0, 0.1) is 0 Å². The van der Waals surface area contributed by atoms with Gasteiger partial charge in [-0.05, 0) is 41.5 Å². The van der Waals surface area contributed by atoms with Crippen LogP contribution in [0.2, 0.25) is 0 Å². The first kappa shape index (κ1) is 14.6. The van der Waals surface area contributed by atoms with Crippen molar-refractivity contribution >= 4 is 12.6 Å². The Hall–Kier alpha value is -0.845. The topological polar surface area (TPSA) is 62.3 Å². The lowest BCUT2D eigenvalue weighted by molar-refractivity contribution is 0.00578. The molecular weight excluding hydrogens is 241 g/mol. The minimum Gasteiger partial charge on any atom is -0.399 e. The lowest BCUT2D eigenvalue weighted by atomic mass is 9.82. The van der Waals surface area contributed by atoms with E-state index in [-0.39, 0.29) is 23.9 Å². The van der Waals surface area contributed by atoms with E-state index in [1.54, 1.807) is 6.20 Å². The molecule has 0 radical (unpaired) electrons. The zero-order valence-corrected chi connectivity index (χ0v) is 12.7. The summed E-state index contributed by atoms with van der Waals surface area (Å²) in [4.78, 5) is 0. The van der Waals surface area contributed by atoms with Crippen LogP contribution in [0.15, 0.2) is 12.4 Å². The molecule has 1 aliphatic heterocycles. The van der Waals surface area contributed by atoms with Crippen molar-refractivity contribution in [3.8, 4) is 0 Å². The molecule has 0 bridgehead atoms. The highest BCUT2D eigenvalue weighted by atomic mass is 16.7. The summed E-state index contributed by atoms with van der Waals surface area (Å²) in [5.74, 6) is 0. The average Bonchev–Trinajstić information content (AvgIpc) is 2.68. The monoisotopic (exact) mass is 265 g/mol. The maximum atomic E-state index is 5.99. The third kappa shape index (κ3) is 3.01. The predicted molar refractivity (Wildman–Crippen MR) is 76.2 cm³/mol. The van der Waals surface area contributed by atoms with E-state index in [4.69, 9.17) is 15.0 Å². The molecule has 1 saturated heterocycles. The third-order valence-electron chi connectivity index (χ3n) is 3.75. The van der Waals surface area contributed by atoms with Crippen LogP contribution in [0.1, 0.15) is 41.5 Å². The van der Waals surface area contributed by atoms with Crippen LogP contribution in [-0.2, 0) is 15.9 Å². The second-order valence-electron chi connectivity index (χ2n) is 7.05. The van der Waals surface area contributed by atoms with Gasteiger partial charge in [-0.25, -0.2) is 0 Å². The maximum absolute atomic E-state index is 5.99. The van der Waals surface area contributed by atoms with Gasteiger partial charge < -0.3 is 15.0 Å². The van der Waals surface area contributed by atoms with E-state index in [0.717, 1.165) is 5.46 Å². The number of aromatic nitrogens is 2.